The van der Waals surface area contributed by atoms with Gasteiger partial charge in [0, 0.05) is 6.54 Å². The minimum atomic E-state index is -4.52. The van der Waals surface area contributed by atoms with E-state index in [2.05, 4.69) is 0 Å². The molecule has 0 aromatic heterocycles. The summed E-state index contributed by atoms with van der Waals surface area (Å²) in [6.07, 6.45) is -3.32. The zero-order valence-corrected chi connectivity index (χ0v) is 16.9. The summed E-state index contributed by atoms with van der Waals surface area (Å²) in [5.41, 5.74) is 1.40. The molecule has 0 saturated heterocycles. The Labute approximate surface area is 175 Å². The van der Waals surface area contributed by atoms with Crippen LogP contribution in [0.5, 0.6) is 5.75 Å². The molecule has 0 aliphatic carbocycles. The van der Waals surface area contributed by atoms with Crippen LogP contribution in [0.4, 0.5) is 13.2 Å². The Morgan fingerprint density at radius 3 is 2.00 bits per heavy atom. The largest absolute Gasteiger partial charge is 0.497 e. The summed E-state index contributed by atoms with van der Waals surface area (Å²) in [7, 11) is 1.52. The summed E-state index contributed by atoms with van der Waals surface area (Å²) in [6, 6.07) is 24.5. The molecule has 0 amide bonds. The highest BCUT2D eigenvalue weighted by Gasteiger charge is 2.39. The second-order valence-corrected chi connectivity index (χ2v) is 7.00. The average molecular weight is 411 g/mol. The fourth-order valence-corrected chi connectivity index (χ4v) is 3.31. The Kier molecular flexibility index (Phi) is 6.83. The fourth-order valence-electron chi connectivity index (χ4n) is 3.31. The van der Waals surface area contributed by atoms with E-state index in [0.29, 0.717) is 11.3 Å². The molecule has 2 nitrogen and oxygen atoms in total. The lowest BCUT2D eigenvalue weighted by Gasteiger charge is -2.35. The third-order valence-corrected chi connectivity index (χ3v) is 4.96. The van der Waals surface area contributed by atoms with Crippen molar-refractivity contribution in [1.29, 1.82) is 0 Å². The standard InChI is InChI=1S/C25H24F3NO/c1-19(22-11-7-4-8-12-22)29(18-21-9-5-3-6-10-21)24(25(26,27)28)17-20-13-15-23(30-2)16-14-20/h3-17,19H,18H2,1-2H3/b24-17-/t19-/m0/s1. The molecule has 0 N–H and O–H groups in total. The first-order valence-corrected chi connectivity index (χ1v) is 9.67. The van der Waals surface area contributed by atoms with Crippen molar-refractivity contribution in [1.82, 2.24) is 4.90 Å². The molecule has 5 heteroatoms. The molecular formula is C25H24F3NO. The van der Waals surface area contributed by atoms with Gasteiger partial charge in [-0.3, -0.25) is 0 Å². The van der Waals surface area contributed by atoms with Gasteiger partial charge in [0.25, 0.3) is 0 Å². The van der Waals surface area contributed by atoms with Gasteiger partial charge in [0.1, 0.15) is 11.4 Å². The summed E-state index contributed by atoms with van der Waals surface area (Å²) in [5, 5.41) is 0. The minimum Gasteiger partial charge on any atom is -0.497 e. The molecular weight excluding hydrogens is 387 g/mol. The van der Waals surface area contributed by atoms with Crippen molar-refractivity contribution in [2.45, 2.75) is 25.7 Å². The molecule has 3 rings (SSSR count). The highest BCUT2D eigenvalue weighted by molar-refractivity contribution is 5.55. The number of hydrogen-bond acceptors (Lipinski definition) is 2. The lowest BCUT2D eigenvalue weighted by molar-refractivity contribution is -0.114. The first-order chi connectivity index (χ1) is 14.4. The number of allylic oxidation sites excluding steroid dienone is 1. The molecule has 3 aromatic rings. The molecule has 0 aliphatic rings. The van der Waals surface area contributed by atoms with Crippen LogP contribution < -0.4 is 4.74 Å². The van der Waals surface area contributed by atoms with Gasteiger partial charge in [-0.25, -0.2) is 0 Å². The van der Waals surface area contributed by atoms with E-state index in [1.54, 1.807) is 31.2 Å². The maximum atomic E-state index is 14.2. The van der Waals surface area contributed by atoms with Crippen molar-refractivity contribution < 1.29 is 17.9 Å². The van der Waals surface area contributed by atoms with Crippen LogP contribution in [0.25, 0.3) is 6.08 Å². The van der Waals surface area contributed by atoms with Gasteiger partial charge in [-0.1, -0.05) is 72.8 Å². The molecule has 0 spiro atoms. The van der Waals surface area contributed by atoms with Gasteiger partial charge < -0.3 is 9.64 Å². The summed E-state index contributed by atoms with van der Waals surface area (Å²) in [6.45, 7) is 1.93. The number of nitrogens with zero attached hydrogens (tertiary/aromatic N) is 1. The van der Waals surface area contributed by atoms with E-state index in [-0.39, 0.29) is 6.54 Å². The van der Waals surface area contributed by atoms with Crippen LogP contribution in [0, 0.1) is 0 Å². The molecule has 0 unspecified atom stereocenters. The van der Waals surface area contributed by atoms with E-state index in [1.807, 2.05) is 60.7 Å². The lowest BCUT2D eigenvalue weighted by atomic mass is 10.0. The fraction of sp³-hybridized carbons (Fsp3) is 0.200. The van der Waals surface area contributed by atoms with Crippen LogP contribution in [0.3, 0.4) is 0 Å². The minimum absolute atomic E-state index is 0.137. The van der Waals surface area contributed by atoms with Crippen LogP contribution in [-0.2, 0) is 6.54 Å². The van der Waals surface area contributed by atoms with Crippen LogP contribution in [-0.4, -0.2) is 18.2 Å². The first kappa shape index (κ1) is 21.5. The van der Waals surface area contributed by atoms with Gasteiger partial charge >= 0.3 is 6.18 Å². The molecule has 0 radical (unpaired) electrons. The van der Waals surface area contributed by atoms with Gasteiger partial charge in [-0.2, -0.15) is 13.2 Å². The Balaban J connectivity index is 2.06. The van der Waals surface area contributed by atoms with E-state index in [0.717, 1.165) is 11.1 Å². The van der Waals surface area contributed by atoms with Crippen molar-refractivity contribution in [2.75, 3.05) is 7.11 Å². The van der Waals surface area contributed by atoms with Crippen LogP contribution in [0.2, 0.25) is 0 Å². The quantitative estimate of drug-likeness (QED) is 0.421. The molecule has 0 heterocycles. The first-order valence-electron chi connectivity index (χ1n) is 9.67. The second-order valence-electron chi connectivity index (χ2n) is 7.00. The maximum Gasteiger partial charge on any atom is 0.431 e. The normalized spacial score (nSPS) is 13.0. The van der Waals surface area contributed by atoms with E-state index in [9.17, 15) is 13.2 Å². The highest BCUT2D eigenvalue weighted by atomic mass is 19.4. The maximum absolute atomic E-state index is 14.2. The highest BCUT2D eigenvalue weighted by Crippen LogP contribution is 2.37. The van der Waals surface area contributed by atoms with Crippen molar-refractivity contribution >= 4 is 6.08 Å². The summed E-state index contributed by atoms with van der Waals surface area (Å²) < 4.78 is 47.8. The number of alkyl halides is 3. The van der Waals surface area contributed by atoms with Gasteiger partial charge in [-0.15, -0.1) is 0 Å². The van der Waals surface area contributed by atoms with Crippen molar-refractivity contribution in [3.05, 3.63) is 107 Å². The molecule has 1 atom stereocenters. The van der Waals surface area contributed by atoms with Crippen molar-refractivity contribution in [3.8, 4) is 5.75 Å². The zero-order chi connectivity index (χ0) is 21.6. The summed E-state index contributed by atoms with van der Waals surface area (Å²) in [4.78, 5) is 1.41. The van der Waals surface area contributed by atoms with E-state index in [4.69, 9.17) is 4.74 Å². The molecule has 0 bridgehead atoms. The zero-order valence-electron chi connectivity index (χ0n) is 16.9. The van der Waals surface area contributed by atoms with Crippen molar-refractivity contribution in [2.24, 2.45) is 0 Å². The van der Waals surface area contributed by atoms with Crippen LogP contribution in [0.1, 0.15) is 29.7 Å². The Bertz CT molecular complexity index is 951. The van der Waals surface area contributed by atoms with E-state index < -0.39 is 17.9 Å². The Morgan fingerprint density at radius 1 is 0.900 bits per heavy atom. The SMILES string of the molecule is COc1ccc(/C=C(\N(Cc2ccccc2)[C@@H](C)c2ccccc2)C(F)(F)F)cc1. The third kappa shape index (κ3) is 5.44. The predicted octanol–water partition coefficient (Wildman–Crippen LogP) is 6.86. The van der Waals surface area contributed by atoms with Gasteiger partial charge in [0.15, 0.2) is 0 Å². The van der Waals surface area contributed by atoms with E-state index in [1.165, 1.54) is 18.1 Å². The Hall–Kier alpha value is -3.21. The lowest BCUT2D eigenvalue weighted by Crippen LogP contribution is -2.33. The van der Waals surface area contributed by atoms with Crippen LogP contribution >= 0.6 is 0 Å². The average Bonchev–Trinajstić information content (AvgIpc) is 2.76. The van der Waals surface area contributed by atoms with Gasteiger partial charge in [0.05, 0.1) is 13.2 Å². The number of hydrogen-bond donors (Lipinski definition) is 0. The molecule has 0 fully saturated rings. The second kappa shape index (κ2) is 9.53. The molecule has 30 heavy (non-hydrogen) atoms. The summed E-state index contributed by atoms with van der Waals surface area (Å²) in [5.74, 6) is 0.597. The number of rotatable bonds is 7. The Morgan fingerprint density at radius 2 is 1.47 bits per heavy atom. The van der Waals surface area contributed by atoms with Gasteiger partial charge in [0.2, 0.25) is 0 Å². The molecule has 156 valence electrons. The smallest absolute Gasteiger partial charge is 0.431 e. The van der Waals surface area contributed by atoms with E-state index >= 15 is 0 Å². The molecule has 3 aromatic carbocycles. The number of methoxy groups -OCH3 is 1. The monoisotopic (exact) mass is 411 g/mol. The topological polar surface area (TPSA) is 12.5 Å². The van der Waals surface area contributed by atoms with Gasteiger partial charge in [-0.05, 0) is 41.8 Å². The number of benzene rings is 3. The predicted molar refractivity (Wildman–Crippen MR) is 114 cm³/mol. The molecule has 0 aliphatic heterocycles. The number of ether oxygens (including phenoxy) is 1. The van der Waals surface area contributed by atoms with Crippen LogP contribution in [0.15, 0.2) is 90.6 Å². The molecule has 0 saturated carbocycles. The number of halogens is 3. The summed E-state index contributed by atoms with van der Waals surface area (Å²) >= 11 is 0. The third-order valence-electron chi connectivity index (χ3n) is 4.96. The van der Waals surface area contributed by atoms with Crippen molar-refractivity contribution in [3.63, 3.8) is 0 Å².